The van der Waals surface area contributed by atoms with E-state index in [1.165, 1.54) is 0 Å². The lowest BCUT2D eigenvalue weighted by atomic mass is 10.1. The van der Waals surface area contributed by atoms with Crippen molar-refractivity contribution in [2.45, 2.75) is 13.3 Å². The molecule has 0 unspecified atom stereocenters. The number of ether oxygens (including phenoxy) is 1. The maximum atomic E-state index is 5.99. The van der Waals surface area contributed by atoms with Crippen LogP contribution in [0.4, 0.5) is 0 Å². The average molecular weight is 288 g/mol. The van der Waals surface area contributed by atoms with Gasteiger partial charge in [0.2, 0.25) is 5.88 Å². The summed E-state index contributed by atoms with van der Waals surface area (Å²) < 4.78 is 5.37. The van der Waals surface area contributed by atoms with Crippen LogP contribution >= 0.6 is 11.6 Å². The molecule has 2 heterocycles. The van der Waals surface area contributed by atoms with Gasteiger partial charge in [-0.15, -0.1) is 0 Å². The Hall–Kier alpha value is -2.07. The molecule has 102 valence electrons. The van der Waals surface area contributed by atoms with Crippen LogP contribution in [0.2, 0.25) is 5.02 Å². The van der Waals surface area contributed by atoms with Crippen LogP contribution < -0.4 is 4.74 Å². The molecule has 4 nitrogen and oxygen atoms in total. The van der Waals surface area contributed by atoms with E-state index in [0.717, 1.165) is 21.9 Å². The van der Waals surface area contributed by atoms with E-state index in [4.69, 9.17) is 16.3 Å². The van der Waals surface area contributed by atoms with E-state index in [1.54, 1.807) is 0 Å². The summed E-state index contributed by atoms with van der Waals surface area (Å²) in [7, 11) is 0. The zero-order chi connectivity index (χ0) is 13.9. The van der Waals surface area contributed by atoms with Crippen molar-refractivity contribution < 1.29 is 4.74 Å². The van der Waals surface area contributed by atoms with Gasteiger partial charge in [-0.25, -0.2) is 4.98 Å². The highest BCUT2D eigenvalue weighted by Gasteiger charge is 2.06. The summed E-state index contributed by atoms with van der Waals surface area (Å²) >= 11 is 5.99. The van der Waals surface area contributed by atoms with Crippen molar-refractivity contribution in [2.75, 3.05) is 6.61 Å². The van der Waals surface area contributed by atoms with Crippen LogP contribution in [0.15, 0.2) is 36.4 Å². The molecule has 0 saturated heterocycles. The monoisotopic (exact) mass is 287 g/mol. The third-order valence-electron chi connectivity index (χ3n) is 2.92. The van der Waals surface area contributed by atoms with Crippen molar-refractivity contribution in [1.29, 1.82) is 0 Å². The molecule has 3 rings (SSSR count). The number of hydrogen-bond acceptors (Lipinski definition) is 3. The largest absolute Gasteiger partial charge is 0.478 e. The molecule has 0 fully saturated rings. The van der Waals surface area contributed by atoms with E-state index in [1.807, 2.05) is 43.3 Å². The van der Waals surface area contributed by atoms with Gasteiger partial charge < -0.3 is 9.72 Å². The molecule has 1 N–H and O–H groups in total. The summed E-state index contributed by atoms with van der Waals surface area (Å²) in [4.78, 5) is 12.1. The predicted octanol–water partition coefficient (Wildman–Crippen LogP) is 3.60. The highest BCUT2D eigenvalue weighted by Crippen LogP contribution is 2.17. The summed E-state index contributed by atoms with van der Waals surface area (Å²) in [5, 5.41) is 0.732. The first kappa shape index (κ1) is 12.9. The number of nitrogens with zero attached hydrogens (tertiary/aromatic N) is 2. The van der Waals surface area contributed by atoms with Crippen LogP contribution in [0.1, 0.15) is 18.3 Å². The molecule has 0 saturated carbocycles. The maximum Gasteiger partial charge on any atom is 0.215 e. The van der Waals surface area contributed by atoms with Gasteiger partial charge in [0.15, 0.2) is 5.65 Å². The van der Waals surface area contributed by atoms with Crippen LogP contribution in [0.3, 0.4) is 0 Å². The van der Waals surface area contributed by atoms with Gasteiger partial charge in [-0.2, -0.15) is 4.98 Å². The Morgan fingerprint density at radius 1 is 1.20 bits per heavy atom. The molecule has 0 radical (unpaired) electrons. The molecule has 0 bridgehead atoms. The molecule has 0 atom stereocenters. The number of benzene rings is 1. The number of imidazole rings is 1. The summed E-state index contributed by atoms with van der Waals surface area (Å²) in [6.07, 6.45) is 0.695. The topological polar surface area (TPSA) is 50.8 Å². The smallest absolute Gasteiger partial charge is 0.215 e. The number of aromatic amines is 1. The van der Waals surface area contributed by atoms with E-state index in [0.29, 0.717) is 24.6 Å². The minimum absolute atomic E-state index is 0.596. The average Bonchev–Trinajstić information content (AvgIpc) is 2.80. The predicted molar refractivity (Wildman–Crippen MR) is 79.3 cm³/mol. The van der Waals surface area contributed by atoms with Crippen molar-refractivity contribution in [1.82, 2.24) is 15.0 Å². The van der Waals surface area contributed by atoms with Gasteiger partial charge in [0.25, 0.3) is 0 Å². The van der Waals surface area contributed by atoms with Gasteiger partial charge >= 0.3 is 0 Å². The molecule has 5 heteroatoms. The fourth-order valence-electron chi connectivity index (χ4n) is 2.08. The number of halogens is 1. The van der Waals surface area contributed by atoms with Gasteiger partial charge in [-0.05, 0) is 30.7 Å². The molecule has 3 aromatic rings. The third kappa shape index (κ3) is 2.75. The molecule has 2 aromatic heterocycles. The Labute approximate surface area is 121 Å². The van der Waals surface area contributed by atoms with Gasteiger partial charge in [-0.1, -0.05) is 23.7 Å². The Balaban J connectivity index is 1.89. The van der Waals surface area contributed by atoms with Gasteiger partial charge in [0.05, 0.1) is 12.1 Å². The summed E-state index contributed by atoms with van der Waals surface area (Å²) in [5.41, 5.74) is 2.69. The quantitative estimate of drug-likeness (QED) is 0.797. The molecule has 0 aliphatic rings. The zero-order valence-corrected chi connectivity index (χ0v) is 11.8. The van der Waals surface area contributed by atoms with E-state index in [2.05, 4.69) is 15.0 Å². The number of rotatable bonds is 4. The molecule has 20 heavy (non-hydrogen) atoms. The van der Waals surface area contributed by atoms with Crippen molar-refractivity contribution in [3.63, 3.8) is 0 Å². The van der Waals surface area contributed by atoms with Crippen molar-refractivity contribution in [3.05, 3.63) is 52.8 Å². The third-order valence-corrected chi connectivity index (χ3v) is 3.16. The standard InChI is InChI=1S/C15H14ClN3O/c1-2-20-14-7-6-12-15(19-14)18-13(17-12)9-10-4-3-5-11(16)8-10/h3-8H,2,9H2,1H3,(H,17,18,19). The Morgan fingerprint density at radius 2 is 2.10 bits per heavy atom. The van der Waals surface area contributed by atoms with E-state index >= 15 is 0 Å². The summed E-state index contributed by atoms with van der Waals surface area (Å²) in [6.45, 7) is 2.53. The highest BCUT2D eigenvalue weighted by molar-refractivity contribution is 6.30. The van der Waals surface area contributed by atoms with Crippen LogP contribution in [0.5, 0.6) is 5.88 Å². The fourth-order valence-corrected chi connectivity index (χ4v) is 2.29. The second kappa shape index (κ2) is 5.51. The van der Waals surface area contributed by atoms with Crippen LogP contribution in [0, 0.1) is 0 Å². The molecule has 0 amide bonds. The Bertz CT molecular complexity index is 739. The van der Waals surface area contributed by atoms with Crippen LogP contribution in [-0.4, -0.2) is 21.6 Å². The summed E-state index contributed by atoms with van der Waals surface area (Å²) in [5.74, 6) is 1.46. The normalized spacial score (nSPS) is 10.9. The molecular formula is C15H14ClN3O. The first-order chi connectivity index (χ1) is 9.74. The fraction of sp³-hybridized carbons (Fsp3) is 0.200. The van der Waals surface area contributed by atoms with Crippen molar-refractivity contribution in [3.8, 4) is 5.88 Å². The Kier molecular flexibility index (Phi) is 3.56. The number of pyridine rings is 1. The molecule has 0 aliphatic carbocycles. The first-order valence-corrected chi connectivity index (χ1v) is 6.85. The SMILES string of the molecule is CCOc1ccc2[nH]c(Cc3cccc(Cl)c3)nc2n1. The summed E-state index contributed by atoms with van der Waals surface area (Å²) in [6, 6.07) is 11.5. The van der Waals surface area contributed by atoms with E-state index in [-0.39, 0.29) is 0 Å². The minimum Gasteiger partial charge on any atom is -0.478 e. The minimum atomic E-state index is 0.596. The molecular weight excluding hydrogens is 274 g/mol. The van der Waals surface area contributed by atoms with Crippen molar-refractivity contribution in [2.24, 2.45) is 0 Å². The lowest BCUT2D eigenvalue weighted by Crippen LogP contribution is -1.93. The number of nitrogens with one attached hydrogen (secondary N) is 1. The van der Waals surface area contributed by atoms with Crippen molar-refractivity contribution >= 4 is 22.8 Å². The number of fused-ring (bicyclic) bond motifs is 1. The van der Waals surface area contributed by atoms with Crippen LogP contribution in [0.25, 0.3) is 11.2 Å². The lowest BCUT2D eigenvalue weighted by Gasteiger charge is -1.99. The molecule has 1 aromatic carbocycles. The van der Waals surface area contributed by atoms with Crippen LogP contribution in [-0.2, 0) is 6.42 Å². The second-order valence-corrected chi connectivity index (χ2v) is 4.88. The second-order valence-electron chi connectivity index (χ2n) is 4.44. The lowest BCUT2D eigenvalue weighted by molar-refractivity contribution is 0.328. The van der Waals surface area contributed by atoms with Gasteiger partial charge in [0.1, 0.15) is 5.82 Å². The number of hydrogen-bond donors (Lipinski definition) is 1. The maximum absolute atomic E-state index is 5.99. The molecule has 0 aliphatic heterocycles. The number of aromatic nitrogens is 3. The first-order valence-electron chi connectivity index (χ1n) is 6.47. The van der Waals surface area contributed by atoms with E-state index < -0.39 is 0 Å². The highest BCUT2D eigenvalue weighted by atomic mass is 35.5. The van der Waals surface area contributed by atoms with Gasteiger partial charge in [0, 0.05) is 17.5 Å². The van der Waals surface area contributed by atoms with Gasteiger partial charge in [-0.3, -0.25) is 0 Å². The molecule has 0 spiro atoms. The number of H-pyrrole nitrogens is 1. The zero-order valence-electron chi connectivity index (χ0n) is 11.1. The van der Waals surface area contributed by atoms with E-state index in [9.17, 15) is 0 Å². The Morgan fingerprint density at radius 3 is 2.90 bits per heavy atom.